The van der Waals surface area contributed by atoms with Crippen molar-refractivity contribution in [3.8, 4) is 5.88 Å². The summed E-state index contributed by atoms with van der Waals surface area (Å²) in [7, 11) is 1.23. The van der Waals surface area contributed by atoms with Gasteiger partial charge in [0.25, 0.3) is 5.56 Å². The van der Waals surface area contributed by atoms with Crippen LogP contribution in [0.25, 0.3) is 0 Å². The number of carbonyl (C=O) groups excluding carboxylic acids is 3. The standard InChI is InChI=1S/C18H28N4O7/c1-18(2,3)29-17(26)19-9-10-22(12-16(25)27-4)15(24)6-5-11-28-14-8-7-13(23)20-21-14/h7-8H,5-6,9-12H2,1-4H3,(H,19,26)(H,20,23). The first-order valence-corrected chi connectivity index (χ1v) is 9.10. The zero-order valence-corrected chi connectivity index (χ0v) is 17.1. The average molecular weight is 412 g/mol. The molecule has 162 valence electrons. The second kappa shape index (κ2) is 11.7. The number of aromatic nitrogens is 2. The number of methoxy groups -OCH3 is 1. The summed E-state index contributed by atoms with van der Waals surface area (Å²) in [5.41, 5.74) is -0.974. The molecule has 0 saturated heterocycles. The van der Waals surface area contributed by atoms with Gasteiger partial charge in [0.05, 0.1) is 13.7 Å². The summed E-state index contributed by atoms with van der Waals surface area (Å²) in [6.07, 6.45) is -0.117. The van der Waals surface area contributed by atoms with Crippen molar-refractivity contribution in [2.24, 2.45) is 0 Å². The molecule has 0 fully saturated rings. The van der Waals surface area contributed by atoms with Gasteiger partial charge in [0.1, 0.15) is 12.1 Å². The Morgan fingerprint density at radius 2 is 1.97 bits per heavy atom. The van der Waals surface area contributed by atoms with Gasteiger partial charge >= 0.3 is 12.1 Å². The quantitative estimate of drug-likeness (QED) is 0.417. The Morgan fingerprint density at radius 3 is 2.55 bits per heavy atom. The van der Waals surface area contributed by atoms with Gasteiger partial charge in [-0.15, -0.1) is 5.10 Å². The molecule has 11 nitrogen and oxygen atoms in total. The van der Waals surface area contributed by atoms with E-state index in [1.165, 1.54) is 24.1 Å². The number of nitrogens with zero attached hydrogens (tertiary/aromatic N) is 2. The predicted molar refractivity (Wildman–Crippen MR) is 102 cm³/mol. The van der Waals surface area contributed by atoms with Crippen LogP contribution in [0.4, 0.5) is 4.79 Å². The molecule has 0 spiro atoms. The molecule has 29 heavy (non-hydrogen) atoms. The molecule has 0 unspecified atom stereocenters. The van der Waals surface area contributed by atoms with Gasteiger partial charge in [0, 0.05) is 31.6 Å². The highest BCUT2D eigenvalue weighted by Gasteiger charge is 2.19. The van der Waals surface area contributed by atoms with Gasteiger partial charge in [-0.3, -0.25) is 14.4 Å². The number of nitrogens with one attached hydrogen (secondary N) is 2. The van der Waals surface area contributed by atoms with Gasteiger partial charge in [-0.05, 0) is 27.2 Å². The molecule has 0 saturated carbocycles. The lowest BCUT2D eigenvalue weighted by Gasteiger charge is -2.23. The van der Waals surface area contributed by atoms with E-state index in [0.29, 0.717) is 6.42 Å². The molecule has 2 N–H and O–H groups in total. The van der Waals surface area contributed by atoms with Gasteiger partial charge in [-0.2, -0.15) is 0 Å². The van der Waals surface area contributed by atoms with E-state index < -0.39 is 17.7 Å². The molecule has 1 aromatic heterocycles. The van der Waals surface area contributed by atoms with Gasteiger partial charge < -0.3 is 24.4 Å². The topological polar surface area (TPSA) is 140 Å². The molecule has 1 aromatic rings. The fourth-order valence-electron chi connectivity index (χ4n) is 2.09. The molecule has 0 aliphatic carbocycles. The molecule has 1 heterocycles. The van der Waals surface area contributed by atoms with Crippen molar-refractivity contribution in [2.75, 3.05) is 33.4 Å². The third kappa shape index (κ3) is 10.7. The number of rotatable bonds is 10. The van der Waals surface area contributed by atoms with Gasteiger partial charge in [-0.1, -0.05) is 0 Å². The van der Waals surface area contributed by atoms with Crippen molar-refractivity contribution in [3.05, 3.63) is 22.5 Å². The number of alkyl carbamates (subject to hydrolysis) is 1. The zero-order valence-electron chi connectivity index (χ0n) is 17.1. The van der Waals surface area contributed by atoms with Crippen LogP contribution in [0.5, 0.6) is 5.88 Å². The van der Waals surface area contributed by atoms with Crippen LogP contribution in [-0.2, 0) is 19.1 Å². The van der Waals surface area contributed by atoms with Gasteiger partial charge in [-0.25, -0.2) is 9.89 Å². The fourth-order valence-corrected chi connectivity index (χ4v) is 2.09. The summed E-state index contributed by atoms with van der Waals surface area (Å²) in [5.74, 6) is -0.617. The number of H-pyrrole nitrogens is 1. The molecular formula is C18H28N4O7. The first-order valence-electron chi connectivity index (χ1n) is 9.10. The Morgan fingerprint density at radius 1 is 1.24 bits per heavy atom. The molecule has 0 radical (unpaired) electrons. The Hall–Kier alpha value is -3.11. The normalized spacial score (nSPS) is 10.8. The number of carbonyl (C=O) groups is 3. The highest BCUT2D eigenvalue weighted by atomic mass is 16.6. The zero-order chi connectivity index (χ0) is 21.9. The van der Waals surface area contributed by atoms with E-state index in [0.717, 1.165) is 0 Å². The maximum absolute atomic E-state index is 12.4. The van der Waals surface area contributed by atoms with Crippen LogP contribution in [0.15, 0.2) is 16.9 Å². The Kier molecular flexibility index (Phi) is 9.63. The van der Waals surface area contributed by atoms with Crippen LogP contribution in [0.1, 0.15) is 33.6 Å². The van der Waals surface area contributed by atoms with Crippen LogP contribution in [0.2, 0.25) is 0 Å². The lowest BCUT2D eigenvalue weighted by Crippen LogP contribution is -2.42. The molecule has 0 aromatic carbocycles. The summed E-state index contributed by atoms with van der Waals surface area (Å²) < 4.78 is 15.1. The largest absolute Gasteiger partial charge is 0.477 e. The molecule has 0 aliphatic heterocycles. The number of amides is 2. The highest BCUT2D eigenvalue weighted by molar-refractivity contribution is 5.82. The SMILES string of the molecule is COC(=O)CN(CCNC(=O)OC(C)(C)C)C(=O)CCCOc1ccc(=O)[nH]n1. The third-order valence-corrected chi connectivity index (χ3v) is 3.39. The first kappa shape index (κ1) is 23.9. The minimum absolute atomic E-state index is 0.118. The van der Waals surface area contributed by atoms with Crippen molar-refractivity contribution < 1.29 is 28.6 Å². The molecule has 1 rings (SSSR count). The van der Waals surface area contributed by atoms with Crippen molar-refractivity contribution in [1.29, 1.82) is 0 Å². The van der Waals surface area contributed by atoms with E-state index in [9.17, 15) is 19.2 Å². The van der Waals surface area contributed by atoms with Crippen LogP contribution in [0, 0.1) is 0 Å². The minimum Gasteiger partial charge on any atom is -0.477 e. The van der Waals surface area contributed by atoms with Crippen LogP contribution < -0.4 is 15.6 Å². The second-order valence-electron chi connectivity index (χ2n) is 7.03. The number of hydrogen-bond acceptors (Lipinski definition) is 8. The number of hydrogen-bond donors (Lipinski definition) is 2. The van der Waals surface area contributed by atoms with E-state index >= 15 is 0 Å². The van der Waals surface area contributed by atoms with E-state index in [4.69, 9.17) is 9.47 Å². The van der Waals surface area contributed by atoms with Gasteiger partial charge in [0.15, 0.2) is 0 Å². The minimum atomic E-state index is -0.633. The summed E-state index contributed by atoms with van der Waals surface area (Å²) in [6.45, 7) is 5.44. The molecule has 0 aliphatic rings. The molecular weight excluding hydrogens is 384 g/mol. The summed E-state index contributed by atoms with van der Waals surface area (Å²) in [6, 6.07) is 2.70. The van der Waals surface area contributed by atoms with Crippen molar-refractivity contribution in [2.45, 2.75) is 39.2 Å². The monoisotopic (exact) mass is 412 g/mol. The number of aromatic amines is 1. The summed E-state index contributed by atoms with van der Waals surface area (Å²) in [5, 5.41) is 8.47. The molecule has 0 atom stereocenters. The molecule has 11 heteroatoms. The predicted octanol–water partition coefficient (Wildman–Crippen LogP) is 0.455. The number of esters is 1. The summed E-state index contributed by atoms with van der Waals surface area (Å²) in [4.78, 5) is 47.9. The van der Waals surface area contributed by atoms with Crippen molar-refractivity contribution in [3.63, 3.8) is 0 Å². The molecule has 0 bridgehead atoms. The third-order valence-electron chi connectivity index (χ3n) is 3.39. The van der Waals surface area contributed by atoms with Crippen LogP contribution in [0.3, 0.4) is 0 Å². The number of ether oxygens (including phenoxy) is 3. The maximum atomic E-state index is 12.4. The summed E-state index contributed by atoms with van der Waals surface area (Å²) >= 11 is 0. The Bertz CT molecular complexity index is 722. The van der Waals surface area contributed by atoms with Crippen molar-refractivity contribution in [1.82, 2.24) is 20.4 Å². The van der Waals surface area contributed by atoms with Crippen LogP contribution in [-0.4, -0.2) is 72.0 Å². The van der Waals surface area contributed by atoms with E-state index in [-0.39, 0.29) is 50.0 Å². The Labute approximate surface area is 168 Å². The first-order chi connectivity index (χ1) is 13.6. The smallest absolute Gasteiger partial charge is 0.407 e. The van der Waals surface area contributed by atoms with Crippen LogP contribution >= 0.6 is 0 Å². The highest BCUT2D eigenvalue weighted by Crippen LogP contribution is 2.06. The maximum Gasteiger partial charge on any atom is 0.407 e. The van der Waals surface area contributed by atoms with E-state index in [1.54, 1.807) is 20.8 Å². The second-order valence-corrected chi connectivity index (χ2v) is 7.03. The Balaban J connectivity index is 2.45. The van der Waals surface area contributed by atoms with E-state index in [1.807, 2.05) is 0 Å². The lowest BCUT2D eigenvalue weighted by molar-refractivity contribution is -0.147. The van der Waals surface area contributed by atoms with Gasteiger partial charge in [0.2, 0.25) is 11.8 Å². The van der Waals surface area contributed by atoms with E-state index in [2.05, 4.69) is 20.3 Å². The fraction of sp³-hybridized carbons (Fsp3) is 0.611. The lowest BCUT2D eigenvalue weighted by atomic mass is 10.2. The van der Waals surface area contributed by atoms with Crippen molar-refractivity contribution >= 4 is 18.0 Å². The average Bonchev–Trinajstić information content (AvgIpc) is 2.64. The molecule has 2 amide bonds.